The van der Waals surface area contributed by atoms with E-state index in [-0.39, 0.29) is 30.3 Å². The number of hydrogen-bond donors (Lipinski definition) is 1. The molecule has 0 spiro atoms. The number of esters is 1. The number of halogens is 3. The van der Waals surface area contributed by atoms with Gasteiger partial charge in [0.05, 0.1) is 26.7 Å². The third-order valence-corrected chi connectivity index (χ3v) is 5.05. The number of benzene rings is 1. The molecule has 168 valence electrons. The lowest BCUT2D eigenvalue weighted by Gasteiger charge is -2.32. The van der Waals surface area contributed by atoms with E-state index in [2.05, 4.69) is 0 Å². The van der Waals surface area contributed by atoms with Crippen LogP contribution in [0.5, 0.6) is 5.75 Å². The van der Waals surface area contributed by atoms with Crippen molar-refractivity contribution in [3.05, 3.63) is 52.1 Å². The van der Waals surface area contributed by atoms with Crippen LogP contribution in [0.3, 0.4) is 0 Å². The Morgan fingerprint density at radius 1 is 1.26 bits per heavy atom. The van der Waals surface area contributed by atoms with Crippen LogP contribution >= 0.6 is 0 Å². The first-order valence-electron chi connectivity index (χ1n) is 9.49. The van der Waals surface area contributed by atoms with Crippen LogP contribution in [0, 0.1) is 0 Å². The van der Waals surface area contributed by atoms with Gasteiger partial charge in [0, 0.05) is 24.0 Å². The monoisotopic (exact) mass is 441 g/mol. The Hall–Kier alpha value is -3.01. The molecule has 0 radical (unpaired) electrons. The van der Waals surface area contributed by atoms with Gasteiger partial charge in [-0.25, -0.2) is 4.79 Å². The molecule has 31 heavy (non-hydrogen) atoms. The molecule has 1 aromatic rings. The number of Topliss-reactive ketones (excluding diaryl/α,β-unsaturated/α-hetero) is 1. The summed E-state index contributed by atoms with van der Waals surface area (Å²) in [4.78, 5) is 25.2. The van der Waals surface area contributed by atoms with E-state index in [0.29, 0.717) is 41.1 Å². The summed E-state index contributed by atoms with van der Waals surface area (Å²) in [6.45, 7) is -1.81. The number of ketones is 1. The van der Waals surface area contributed by atoms with E-state index in [9.17, 15) is 22.8 Å². The highest BCUT2D eigenvalue weighted by molar-refractivity contribution is 6.03. The number of alkyl halides is 3. The van der Waals surface area contributed by atoms with Gasteiger partial charge >= 0.3 is 12.1 Å². The molecule has 10 heteroatoms. The van der Waals surface area contributed by atoms with Crippen molar-refractivity contribution < 1.29 is 41.7 Å². The van der Waals surface area contributed by atoms with Gasteiger partial charge in [-0.05, 0) is 24.1 Å². The van der Waals surface area contributed by atoms with E-state index in [1.54, 1.807) is 6.07 Å². The van der Waals surface area contributed by atoms with Gasteiger partial charge in [-0.1, -0.05) is 6.07 Å². The first-order chi connectivity index (χ1) is 14.7. The molecule has 0 fully saturated rings. The quantitative estimate of drug-likeness (QED) is 0.677. The first-order valence-corrected chi connectivity index (χ1v) is 9.49. The van der Waals surface area contributed by atoms with E-state index in [0.717, 1.165) is 0 Å². The molecule has 0 saturated carbocycles. The van der Waals surface area contributed by atoms with Gasteiger partial charge in [0.2, 0.25) is 5.88 Å². The van der Waals surface area contributed by atoms with Crippen LogP contribution in [-0.2, 0) is 30.4 Å². The highest BCUT2D eigenvalue weighted by Crippen LogP contribution is 2.44. The summed E-state index contributed by atoms with van der Waals surface area (Å²) >= 11 is 0. The third-order valence-electron chi connectivity index (χ3n) is 5.05. The SMILES string of the molecule is COC(=O)C1=C(N)OC2=C(C(=O)CCC2)[C@@H]1c1ccc(OC)c(COCC(F)(F)F)c1. The van der Waals surface area contributed by atoms with Crippen molar-refractivity contribution in [2.45, 2.75) is 38.0 Å². The molecule has 1 aliphatic heterocycles. The Morgan fingerprint density at radius 3 is 2.65 bits per heavy atom. The highest BCUT2D eigenvalue weighted by atomic mass is 19.4. The van der Waals surface area contributed by atoms with Crippen LogP contribution in [-0.4, -0.2) is 38.8 Å². The molecule has 2 aliphatic rings. The summed E-state index contributed by atoms with van der Waals surface area (Å²) < 4.78 is 57.8. The minimum absolute atomic E-state index is 0.0381. The molecule has 1 aromatic carbocycles. The number of allylic oxidation sites excluding steroid dienone is 2. The van der Waals surface area contributed by atoms with Crippen molar-refractivity contribution in [3.8, 4) is 5.75 Å². The second-order valence-electron chi connectivity index (χ2n) is 7.10. The highest BCUT2D eigenvalue weighted by Gasteiger charge is 2.41. The zero-order valence-corrected chi connectivity index (χ0v) is 17.0. The molecule has 0 amide bonds. The van der Waals surface area contributed by atoms with Crippen molar-refractivity contribution in [3.63, 3.8) is 0 Å². The van der Waals surface area contributed by atoms with E-state index in [4.69, 9.17) is 24.7 Å². The number of nitrogens with two attached hydrogens (primary N) is 1. The van der Waals surface area contributed by atoms with E-state index < -0.39 is 24.7 Å². The van der Waals surface area contributed by atoms with Crippen molar-refractivity contribution in [1.82, 2.24) is 0 Å². The third kappa shape index (κ3) is 4.84. The fourth-order valence-electron chi connectivity index (χ4n) is 3.77. The molecule has 2 N–H and O–H groups in total. The van der Waals surface area contributed by atoms with Gasteiger partial charge in [-0.15, -0.1) is 0 Å². The Bertz CT molecular complexity index is 951. The molecule has 7 nitrogen and oxygen atoms in total. The normalized spacial score (nSPS) is 19.1. The number of ether oxygens (including phenoxy) is 4. The van der Waals surface area contributed by atoms with Gasteiger partial charge in [0.15, 0.2) is 5.78 Å². The van der Waals surface area contributed by atoms with Gasteiger partial charge in [0.1, 0.15) is 23.7 Å². The minimum Gasteiger partial charge on any atom is -0.496 e. The standard InChI is InChI=1S/C21H22F3NO6/c1-28-14-7-6-11(8-12(14)9-30-10-21(22,23)24)16-17-13(26)4-3-5-15(17)31-19(25)18(16)20(27)29-2/h6-8,16H,3-5,9-10,25H2,1-2H3/t16-/m0/s1. The second kappa shape index (κ2) is 9.01. The fraction of sp³-hybridized carbons (Fsp3) is 0.429. The largest absolute Gasteiger partial charge is 0.496 e. The summed E-state index contributed by atoms with van der Waals surface area (Å²) in [5.41, 5.74) is 7.04. The lowest BCUT2D eigenvalue weighted by molar-refractivity contribution is -0.176. The van der Waals surface area contributed by atoms with Crippen LogP contribution in [0.4, 0.5) is 13.2 Å². The Kier molecular flexibility index (Phi) is 6.59. The molecule has 0 unspecified atom stereocenters. The molecular formula is C21H22F3NO6. The number of carbonyl (C=O) groups is 2. The predicted octanol–water partition coefficient (Wildman–Crippen LogP) is 3.24. The number of carbonyl (C=O) groups excluding carboxylic acids is 2. The second-order valence-corrected chi connectivity index (χ2v) is 7.10. The predicted molar refractivity (Wildman–Crippen MR) is 102 cm³/mol. The van der Waals surface area contributed by atoms with Crippen LogP contribution in [0.25, 0.3) is 0 Å². The maximum absolute atomic E-state index is 12.7. The summed E-state index contributed by atoms with van der Waals surface area (Å²) in [5.74, 6) is -1.31. The van der Waals surface area contributed by atoms with E-state index in [1.807, 2.05) is 0 Å². The zero-order valence-electron chi connectivity index (χ0n) is 17.0. The van der Waals surface area contributed by atoms with Gasteiger partial charge in [-0.2, -0.15) is 13.2 Å². The van der Waals surface area contributed by atoms with Crippen LogP contribution in [0.15, 0.2) is 41.0 Å². The van der Waals surface area contributed by atoms with Crippen LogP contribution in [0.2, 0.25) is 0 Å². The van der Waals surface area contributed by atoms with E-state index >= 15 is 0 Å². The molecule has 1 aliphatic carbocycles. The van der Waals surface area contributed by atoms with Gasteiger partial charge in [0.25, 0.3) is 0 Å². The maximum atomic E-state index is 12.7. The van der Waals surface area contributed by atoms with E-state index in [1.165, 1.54) is 26.4 Å². The molecule has 3 rings (SSSR count). The summed E-state index contributed by atoms with van der Waals surface area (Å²) in [5, 5.41) is 0. The Morgan fingerprint density at radius 2 is 2.00 bits per heavy atom. The Balaban J connectivity index is 2.06. The van der Waals surface area contributed by atoms with Gasteiger partial charge in [-0.3, -0.25) is 4.79 Å². The minimum atomic E-state index is -4.48. The number of hydrogen-bond acceptors (Lipinski definition) is 7. The summed E-state index contributed by atoms with van der Waals surface area (Å²) in [6, 6.07) is 4.69. The first kappa shape index (κ1) is 22.7. The fourth-order valence-corrected chi connectivity index (χ4v) is 3.77. The average Bonchev–Trinajstić information content (AvgIpc) is 2.71. The number of methoxy groups -OCH3 is 2. The zero-order chi connectivity index (χ0) is 22.8. The van der Waals surface area contributed by atoms with Crippen LogP contribution < -0.4 is 10.5 Å². The summed E-state index contributed by atoms with van der Waals surface area (Å²) in [7, 11) is 2.55. The van der Waals surface area contributed by atoms with Crippen molar-refractivity contribution in [1.29, 1.82) is 0 Å². The summed E-state index contributed by atoms with van der Waals surface area (Å²) in [6.07, 6.45) is -3.13. The maximum Gasteiger partial charge on any atom is 0.411 e. The molecular weight excluding hydrogens is 419 g/mol. The Labute approximate surface area is 176 Å². The van der Waals surface area contributed by atoms with Crippen molar-refractivity contribution in [2.75, 3.05) is 20.8 Å². The molecule has 0 aromatic heterocycles. The van der Waals surface area contributed by atoms with Crippen molar-refractivity contribution in [2.24, 2.45) is 5.73 Å². The molecule has 1 heterocycles. The van der Waals surface area contributed by atoms with Crippen LogP contribution in [0.1, 0.15) is 36.3 Å². The van der Waals surface area contributed by atoms with Gasteiger partial charge < -0.3 is 24.7 Å². The molecule has 0 bridgehead atoms. The molecule has 1 atom stereocenters. The lowest BCUT2D eigenvalue weighted by atomic mass is 9.77. The lowest BCUT2D eigenvalue weighted by Crippen LogP contribution is -2.31. The topological polar surface area (TPSA) is 97.1 Å². The number of rotatable bonds is 6. The average molecular weight is 441 g/mol. The van der Waals surface area contributed by atoms with Crippen molar-refractivity contribution >= 4 is 11.8 Å². The smallest absolute Gasteiger partial charge is 0.411 e. The molecule has 0 saturated heterocycles.